The number of carboxylic acid groups (broad SMARTS) is 1. The van der Waals surface area contributed by atoms with E-state index in [1.54, 1.807) is 72.8 Å². The highest BCUT2D eigenvalue weighted by atomic mass is 16.4. The molecule has 0 aliphatic rings. The normalized spacial score (nSPS) is 10.8. The van der Waals surface area contributed by atoms with Crippen LogP contribution in [0.4, 0.5) is 11.4 Å². The predicted octanol–water partition coefficient (Wildman–Crippen LogP) is 5.61. The van der Waals surface area contributed by atoms with Gasteiger partial charge in [-0.15, -0.1) is 0 Å². The van der Waals surface area contributed by atoms with Crippen LogP contribution in [0.2, 0.25) is 0 Å². The third kappa shape index (κ3) is 5.03. The number of amides is 2. The van der Waals surface area contributed by atoms with E-state index < -0.39 is 17.8 Å². The van der Waals surface area contributed by atoms with Crippen molar-refractivity contribution in [1.82, 2.24) is 0 Å². The van der Waals surface area contributed by atoms with Gasteiger partial charge in [-0.2, -0.15) is 0 Å². The molecule has 5 N–H and O–H groups in total. The van der Waals surface area contributed by atoms with Gasteiger partial charge in [0.25, 0.3) is 11.8 Å². The van der Waals surface area contributed by atoms with Gasteiger partial charge >= 0.3 is 5.97 Å². The first-order chi connectivity index (χ1) is 17.7. The summed E-state index contributed by atoms with van der Waals surface area (Å²) in [6.45, 7) is 0. The van der Waals surface area contributed by atoms with E-state index in [0.29, 0.717) is 22.1 Å². The average molecular weight is 492 g/mol. The molecule has 0 saturated carbocycles. The topological polar surface area (TPSA) is 136 Å². The first kappa shape index (κ1) is 23.4. The van der Waals surface area contributed by atoms with Crippen LogP contribution in [0.15, 0.2) is 91.0 Å². The van der Waals surface area contributed by atoms with Crippen LogP contribution in [-0.2, 0) is 0 Å². The highest BCUT2D eigenvalue weighted by Gasteiger charge is 2.17. The molecule has 8 heteroatoms. The number of hydrogen-bond donors (Lipinski definition) is 5. The van der Waals surface area contributed by atoms with E-state index in [2.05, 4.69) is 10.6 Å². The van der Waals surface area contributed by atoms with E-state index >= 15 is 0 Å². The number of hydrogen-bond acceptors (Lipinski definition) is 5. The van der Waals surface area contributed by atoms with Crippen molar-refractivity contribution in [3.8, 4) is 11.5 Å². The number of phenols is 2. The predicted molar refractivity (Wildman–Crippen MR) is 141 cm³/mol. The van der Waals surface area contributed by atoms with Crippen molar-refractivity contribution in [2.75, 3.05) is 10.6 Å². The van der Waals surface area contributed by atoms with Gasteiger partial charge in [0.2, 0.25) is 0 Å². The van der Waals surface area contributed by atoms with Crippen LogP contribution >= 0.6 is 0 Å². The monoisotopic (exact) mass is 492 g/mol. The van der Waals surface area contributed by atoms with Gasteiger partial charge < -0.3 is 26.0 Å². The second-order valence-electron chi connectivity index (χ2n) is 8.50. The Kier molecular flexibility index (Phi) is 5.91. The Balaban J connectivity index is 1.42. The number of phenolic OH excluding ortho intramolecular Hbond substituents is 2. The number of nitrogens with one attached hydrogen (secondary N) is 2. The van der Waals surface area contributed by atoms with Crippen LogP contribution < -0.4 is 10.6 Å². The Bertz CT molecular complexity index is 1610. The van der Waals surface area contributed by atoms with Gasteiger partial charge in [-0.1, -0.05) is 24.3 Å². The third-order valence-electron chi connectivity index (χ3n) is 5.87. The van der Waals surface area contributed by atoms with E-state index in [4.69, 9.17) is 0 Å². The number of carboxylic acids is 1. The number of fused-ring (bicyclic) bond motifs is 2. The zero-order valence-corrected chi connectivity index (χ0v) is 19.2. The zero-order valence-electron chi connectivity index (χ0n) is 19.2. The highest BCUT2D eigenvalue weighted by Crippen LogP contribution is 2.25. The second kappa shape index (κ2) is 9.35. The van der Waals surface area contributed by atoms with Crippen molar-refractivity contribution in [2.45, 2.75) is 0 Å². The number of anilines is 2. The fourth-order valence-electron chi connectivity index (χ4n) is 4.04. The van der Waals surface area contributed by atoms with E-state index in [1.165, 1.54) is 18.2 Å². The minimum absolute atomic E-state index is 0.00973. The van der Waals surface area contributed by atoms with Gasteiger partial charge in [-0.3, -0.25) is 9.59 Å². The molecule has 0 aliphatic carbocycles. The van der Waals surface area contributed by atoms with Gasteiger partial charge in [0.1, 0.15) is 11.5 Å². The van der Waals surface area contributed by atoms with Crippen LogP contribution in [0.5, 0.6) is 11.5 Å². The maximum atomic E-state index is 13.0. The van der Waals surface area contributed by atoms with Crippen molar-refractivity contribution in [3.63, 3.8) is 0 Å². The first-order valence-electron chi connectivity index (χ1n) is 11.2. The van der Waals surface area contributed by atoms with Crippen LogP contribution in [-0.4, -0.2) is 33.1 Å². The fraction of sp³-hybridized carbons (Fsp3) is 0. The molecule has 0 fully saturated rings. The molecule has 8 nitrogen and oxygen atoms in total. The third-order valence-corrected chi connectivity index (χ3v) is 5.87. The molecule has 2 amide bonds. The number of benzene rings is 5. The number of carbonyl (C=O) groups excluding carboxylic acids is 2. The minimum Gasteiger partial charge on any atom is -0.508 e. The van der Waals surface area contributed by atoms with Crippen LogP contribution in [0.25, 0.3) is 21.5 Å². The Morgan fingerprint density at radius 2 is 0.892 bits per heavy atom. The Hall–Kier alpha value is -5.37. The van der Waals surface area contributed by atoms with Crippen LogP contribution in [0.3, 0.4) is 0 Å². The SMILES string of the molecule is O=C(O)c1cc(C(=O)Nc2ccc3ccc(O)cc3c2)cc(C(=O)Nc2ccc3ccc(O)cc3c2)c1. The molecular formula is C29H20N2O6. The van der Waals surface area contributed by atoms with Crippen molar-refractivity contribution in [2.24, 2.45) is 0 Å². The van der Waals surface area contributed by atoms with Gasteiger partial charge in [-0.25, -0.2) is 4.79 Å². The molecule has 182 valence electrons. The summed E-state index contributed by atoms with van der Waals surface area (Å²) in [4.78, 5) is 37.7. The Morgan fingerprint density at radius 3 is 1.32 bits per heavy atom. The summed E-state index contributed by atoms with van der Waals surface area (Å²) < 4.78 is 0. The van der Waals surface area contributed by atoms with Gasteiger partial charge in [0.05, 0.1) is 5.56 Å². The zero-order chi connectivity index (χ0) is 26.1. The smallest absolute Gasteiger partial charge is 0.335 e. The Labute approximate surface area is 210 Å². The maximum Gasteiger partial charge on any atom is 0.335 e. The van der Waals surface area contributed by atoms with E-state index in [9.17, 15) is 29.7 Å². The minimum atomic E-state index is -1.29. The molecule has 0 unspecified atom stereocenters. The maximum absolute atomic E-state index is 13.0. The lowest BCUT2D eigenvalue weighted by Crippen LogP contribution is -2.17. The summed E-state index contributed by atoms with van der Waals surface area (Å²) in [7, 11) is 0. The summed E-state index contributed by atoms with van der Waals surface area (Å²) in [6.07, 6.45) is 0. The molecule has 37 heavy (non-hydrogen) atoms. The summed E-state index contributed by atoms with van der Waals surface area (Å²) in [6, 6.07) is 23.7. The quantitative estimate of drug-likeness (QED) is 0.216. The molecule has 0 bridgehead atoms. The van der Waals surface area contributed by atoms with Gasteiger partial charge in [0, 0.05) is 22.5 Å². The molecule has 0 atom stereocenters. The van der Waals surface area contributed by atoms with Crippen LogP contribution in [0.1, 0.15) is 31.1 Å². The average Bonchev–Trinajstić information content (AvgIpc) is 2.87. The van der Waals surface area contributed by atoms with E-state index in [0.717, 1.165) is 10.8 Å². The summed E-state index contributed by atoms with van der Waals surface area (Å²) in [5.74, 6) is -2.31. The largest absolute Gasteiger partial charge is 0.508 e. The first-order valence-corrected chi connectivity index (χ1v) is 11.2. The molecule has 0 heterocycles. The standard InChI is InChI=1S/C29H20N2O6/c32-25-7-3-16-1-5-23(12-18(16)14-25)30-27(34)20-9-21(11-22(10-20)29(36)37)28(35)31-24-6-2-17-4-8-26(33)15-19(17)13-24/h1-15,32-33H,(H,30,34)(H,31,35)(H,36,37). The second-order valence-corrected chi connectivity index (χ2v) is 8.50. The molecule has 5 rings (SSSR count). The number of aromatic carboxylic acids is 1. The number of rotatable bonds is 5. The van der Waals surface area contributed by atoms with Crippen molar-refractivity contribution in [1.29, 1.82) is 0 Å². The van der Waals surface area contributed by atoms with Crippen molar-refractivity contribution in [3.05, 3.63) is 108 Å². The molecule has 5 aromatic rings. The van der Waals surface area contributed by atoms with E-state index in [-0.39, 0.29) is 28.2 Å². The molecular weight excluding hydrogens is 472 g/mol. The van der Waals surface area contributed by atoms with E-state index in [1.807, 2.05) is 0 Å². The Morgan fingerprint density at radius 1 is 0.486 bits per heavy atom. The number of carbonyl (C=O) groups is 3. The number of aromatic hydroxyl groups is 2. The van der Waals surface area contributed by atoms with Crippen molar-refractivity contribution < 1.29 is 29.7 Å². The summed E-state index contributed by atoms with van der Waals surface area (Å²) in [5.41, 5.74) is 0.641. The molecule has 0 radical (unpaired) electrons. The van der Waals surface area contributed by atoms with Crippen LogP contribution in [0, 0.1) is 0 Å². The van der Waals surface area contributed by atoms with Gasteiger partial charge in [0.15, 0.2) is 0 Å². The molecule has 0 aromatic heterocycles. The lowest BCUT2D eigenvalue weighted by atomic mass is 10.0. The molecule has 5 aromatic carbocycles. The highest BCUT2D eigenvalue weighted by molar-refractivity contribution is 6.11. The fourth-order valence-corrected chi connectivity index (χ4v) is 4.04. The van der Waals surface area contributed by atoms with Crippen molar-refractivity contribution >= 4 is 50.7 Å². The summed E-state index contributed by atoms with van der Waals surface area (Å²) in [5, 5.41) is 37.6. The lowest BCUT2D eigenvalue weighted by molar-refractivity contribution is 0.0697. The molecule has 0 saturated heterocycles. The molecule has 0 aliphatic heterocycles. The summed E-state index contributed by atoms with van der Waals surface area (Å²) >= 11 is 0. The lowest BCUT2D eigenvalue weighted by Gasteiger charge is -2.11. The van der Waals surface area contributed by atoms with Gasteiger partial charge in [-0.05, 0) is 88.3 Å². The molecule has 0 spiro atoms.